The van der Waals surface area contributed by atoms with Gasteiger partial charge in [-0.3, -0.25) is 9.13 Å². The molecule has 42 heavy (non-hydrogen) atoms. The van der Waals surface area contributed by atoms with E-state index in [4.69, 9.17) is 57.5 Å². The summed E-state index contributed by atoms with van der Waals surface area (Å²) in [7, 11) is -8.39. The smallest absolute Gasteiger partial charge is 0.333 e. The van der Waals surface area contributed by atoms with E-state index in [1.165, 1.54) is 13.8 Å². The molecule has 0 fully saturated rings. The zero-order valence-electron chi connectivity index (χ0n) is 24.1. The lowest BCUT2D eigenvalue weighted by molar-refractivity contribution is -0.152. The molecule has 0 aromatic carbocycles. The Bertz CT molecular complexity index is 827. The highest BCUT2D eigenvalue weighted by atomic mass is 31.2. The van der Waals surface area contributed by atoms with Crippen LogP contribution in [0.4, 0.5) is 0 Å². The minimum atomic E-state index is -4.19. The van der Waals surface area contributed by atoms with E-state index in [0.29, 0.717) is 0 Å². The fraction of sp³-hybridized carbons (Fsp3) is 0.750. The van der Waals surface area contributed by atoms with Crippen LogP contribution in [0.1, 0.15) is 13.8 Å². The lowest BCUT2D eigenvalue weighted by Crippen LogP contribution is -2.30. The van der Waals surface area contributed by atoms with Gasteiger partial charge in [-0.2, -0.15) is 0 Å². The Hall–Kier alpha value is -1.52. The summed E-state index contributed by atoms with van der Waals surface area (Å²) in [4.78, 5) is 59.0. The molecule has 246 valence electrons. The van der Waals surface area contributed by atoms with Gasteiger partial charge in [0.15, 0.2) is 0 Å². The molecule has 0 aliphatic heterocycles. The molecule has 0 saturated carbocycles. The van der Waals surface area contributed by atoms with Crippen LogP contribution >= 0.6 is 15.2 Å². The van der Waals surface area contributed by atoms with Crippen molar-refractivity contribution in [2.45, 2.75) is 26.1 Å². The van der Waals surface area contributed by atoms with Crippen LogP contribution in [0.2, 0.25) is 0 Å². The van der Waals surface area contributed by atoms with Crippen molar-refractivity contribution in [3.05, 3.63) is 24.3 Å². The maximum Gasteiger partial charge on any atom is 0.333 e. The monoisotopic (exact) mass is 650 g/mol. The van der Waals surface area contributed by atoms with Crippen LogP contribution in [0, 0.1) is 0 Å². The van der Waals surface area contributed by atoms with Gasteiger partial charge in [0.1, 0.15) is 12.2 Å². The summed E-state index contributed by atoms with van der Waals surface area (Å²) < 4.78 is 64.2. The van der Waals surface area contributed by atoms with Gasteiger partial charge in [-0.15, -0.1) is 0 Å². The van der Waals surface area contributed by atoms with Crippen LogP contribution in [0.25, 0.3) is 0 Å². The predicted molar refractivity (Wildman–Crippen MR) is 148 cm³/mol. The summed E-state index contributed by atoms with van der Waals surface area (Å²) in [5.74, 6) is -1.29. The second kappa shape index (κ2) is 22.9. The third-order valence-electron chi connectivity index (χ3n) is 4.63. The number of carbonyl (C=O) groups excluding carboxylic acids is 2. The highest BCUT2D eigenvalue weighted by Gasteiger charge is 2.19. The molecule has 0 amide bonds. The van der Waals surface area contributed by atoms with Gasteiger partial charge in [-0.05, 0) is 13.8 Å². The first-order valence-corrected chi connectivity index (χ1v) is 16.5. The highest BCUT2D eigenvalue weighted by molar-refractivity contribution is 7.52. The first-order valence-electron chi connectivity index (χ1n) is 12.9. The molecule has 0 radical (unpaired) electrons. The summed E-state index contributed by atoms with van der Waals surface area (Å²) in [6, 6.07) is 0. The number of carbonyl (C=O) groups is 2. The molecule has 0 aliphatic carbocycles. The number of hydrogen-bond acceptors (Lipinski definition) is 12. The summed E-state index contributed by atoms with van der Waals surface area (Å²) in [5.41, 5.74) is 0.361. The Morgan fingerprint density at radius 2 is 0.810 bits per heavy atom. The SMILES string of the molecule is C=C(C)C(=O)OC(COCCOCCOCCOCC(COCCP(=O)(O)O)OC(=O)C(=C)C)COCCP(=O)(O)O. The third kappa shape index (κ3) is 26.1. The van der Waals surface area contributed by atoms with E-state index >= 15 is 0 Å². The normalized spacial score (nSPS) is 13.4. The van der Waals surface area contributed by atoms with E-state index in [-0.39, 0.29) is 90.4 Å². The van der Waals surface area contributed by atoms with Gasteiger partial charge >= 0.3 is 27.1 Å². The topological polar surface area (TPSA) is 223 Å². The molecule has 0 aromatic rings. The molecule has 0 spiro atoms. The molecule has 0 heterocycles. The van der Waals surface area contributed by atoms with E-state index in [1.54, 1.807) is 0 Å². The molecule has 0 aromatic heterocycles. The van der Waals surface area contributed by atoms with Crippen LogP contribution in [0.3, 0.4) is 0 Å². The predicted octanol–water partition coefficient (Wildman–Crippen LogP) is 0.417. The molecule has 0 bridgehead atoms. The second-order valence-corrected chi connectivity index (χ2v) is 12.5. The van der Waals surface area contributed by atoms with Gasteiger partial charge in [0.2, 0.25) is 0 Å². The molecule has 2 unspecified atom stereocenters. The van der Waals surface area contributed by atoms with Crippen molar-refractivity contribution < 1.29 is 76.2 Å². The summed E-state index contributed by atoms with van der Waals surface area (Å²) in [6.07, 6.45) is -2.52. The maximum atomic E-state index is 11.8. The van der Waals surface area contributed by atoms with Crippen molar-refractivity contribution in [2.75, 3.05) is 91.6 Å². The van der Waals surface area contributed by atoms with Crippen molar-refractivity contribution in [3.8, 4) is 0 Å². The quantitative estimate of drug-likeness (QED) is 0.0409. The molecular formula is C24H44O16P2. The van der Waals surface area contributed by atoms with E-state index in [2.05, 4.69) is 13.2 Å². The summed E-state index contributed by atoms with van der Waals surface area (Å²) in [5, 5.41) is 0. The Kier molecular flexibility index (Phi) is 22.1. The van der Waals surface area contributed by atoms with Crippen molar-refractivity contribution in [3.63, 3.8) is 0 Å². The highest BCUT2D eigenvalue weighted by Crippen LogP contribution is 2.33. The number of rotatable bonds is 27. The first kappa shape index (κ1) is 40.5. The largest absolute Gasteiger partial charge is 0.454 e. The zero-order valence-corrected chi connectivity index (χ0v) is 25.8. The molecule has 18 heteroatoms. The second-order valence-electron chi connectivity index (χ2n) is 8.92. The van der Waals surface area contributed by atoms with Crippen LogP contribution in [0.5, 0.6) is 0 Å². The van der Waals surface area contributed by atoms with Gasteiger partial charge in [-0.1, -0.05) is 13.2 Å². The Balaban J connectivity index is 4.08. The molecule has 16 nitrogen and oxygen atoms in total. The fourth-order valence-corrected chi connectivity index (χ4v) is 3.25. The van der Waals surface area contributed by atoms with Gasteiger partial charge < -0.3 is 57.5 Å². The molecular weight excluding hydrogens is 606 g/mol. The van der Waals surface area contributed by atoms with Crippen molar-refractivity contribution >= 4 is 27.1 Å². The lowest BCUT2D eigenvalue weighted by Gasteiger charge is -2.18. The van der Waals surface area contributed by atoms with Crippen LogP contribution < -0.4 is 0 Å². The van der Waals surface area contributed by atoms with Crippen molar-refractivity contribution in [1.82, 2.24) is 0 Å². The van der Waals surface area contributed by atoms with Crippen LogP contribution in [-0.2, 0) is 56.6 Å². The molecule has 0 rings (SSSR count). The summed E-state index contributed by atoms with van der Waals surface area (Å²) >= 11 is 0. The number of hydrogen-bond donors (Lipinski definition) is 4. The van der Waals surface area contributed by atoms with Gasteiger partial charge in [0, 0.05) is 11.1 Å². The van der Waals surface area contributed by atoms with Gasteiger partial charge in [0.25, 0.3) is 0 Å². The van der Waals surface area contributed by atoms with E-state index in [1.807, 2.05) is 0 Å². The average molecular weight is 651 g/mol. The zero-order chi connectivity index (χ0) is 32.0. The number of ether oxygens (including phenoxy) is 8. The molecule has 0 saturated heterocycles. The fourth-order valence-electron chi connectivity index (χ4n) is 2.52. The van der Waals surface area contributed by atoms with Gasteiger partial charge in [-0.25, -0.2) is 9.59 Å². The number of esters is 2. The van der Waals surface area contributed by atoms with E-state index < -0.39 is 51.7 Å². The summed E-state index contributed by atoms with van der Waals surface area (Å²) in [6.45, 7) is 10.6. The Labute approximate surface area is 245 Å². The van der Waals surface area contributed by atoms with Gasteiger partial charge in [0.05, 0.1) is 91.6 Å². The standard InChI is InChI=1S/C24H44O16P2/c1-19(2)23(25)39-21(17-37-11-13-41(27,28)29)15-35-9-7-33-5-6-34-8-10-36-16-22(40-24(26)20(3)4)18-38-12-14-42(30,31)32/h21-22H,1,3,5-18H2,2,4H3,(H2,27,28,29)(H2,30,31,32). The maximum absolute atomic E-state index is 11.8. The lowest BCUT2D eigenvalue weighted by atomic mass is 10.3. The minimum Gasteiger partial charge on any atom is -0.454 e. The third-order valence-corrected chi connectivity index (χ3v) is 6.16. The molecule has 0 aliphatic rings. The molecule has 2 atom stereocenters. The van der Waals surface area contributed by atoms with E-state index in [0.717, 1.165) is 0 Å². The van der Waals surface area contributed by atoms with Crippen molar-refractivity contribution in [2.24, 2.45) is 0 Å². The first-order chi connectivity index (χ1) is 19.6. The van der Waals surface area contributed by atoms with E-state index in [9.17, 15) is 18.7 Å². The Morgan fingerprint density at radius 1 is 0.548 bits per heavy atom. The van der Waals surface area contributed by atoms with Crippen LogP contribution in [-0.4, -0.2) is 135 Å². The van der Waals surface area contributed by atoms with Crippen LogP contribution in [0.15, 0.2) is 24.3 Å². The minimum absolute atomic E-state index is 0.0243. The van der Waals surface area contributed by atoms with Crippen molar-refractivity contribution in [1.29, 1.82) is 0 Å². The molecule has 4 N–H and O–H groups in total. The average Bonchev–Trinajstić information content (AvgIpc) is 2.87. The Morgan fingerprint density at radius 3 is 1.07 bits per heavy atom.